The molecule has 2 amide bonds. The van der Waals surface area contributed by atoms with E-state index in [0.717, 1.165) is 33.7 Å². The molecule has 0 heterocycles. The Hall–Kier alpha value is -2.82. The van der Waals surface area contributed by atoms with Gasteiger partial charge in [0.1, 0.15) is 11.2 Å². The molecular weight excluding hydrogens is 340 g/mol. The van der Waals surface area contributed by atoms with Gasteiger partial charge in [-0.25, -0.2) is 0 Å². The Balaban J connectivity index is 1.65. The van der Waals surface area contributed by atoms with Crippen LogP contribution >= 0.6 is 0 Å². The van der Waals surface area contributed by atoms with Crippen LogP contribution in [0.1, 0.15) is 35.1 Å². The molecule has 1 aliphatic rings. The van der Waals surface area contributed by atoms with Crippen LogP contribution in [0.2, 0.25) is 0 Å². The van der Waals surface area contributed by atoms with Crippen LogP contribution in [0.4, 0.5) is 5.69 Å². The zero-order valence-corrected chi connectivity index (χ0v) is 16.3. The Morgan fingerprint density at radius 2 is 1.59 bits per heavy atom. The first-order chi connectivity index (χ1) is 12.9. The van der Waals surface area contributed by atoms with Gasteiger partial charge in [0.15, 0.2) is 0 Å². The standard InChI is InChI=1S/C22H26N2O3/c1-14-11-15(2)19(16(3)12-14)24-21(26)22(9-10-22)20(25)23-13-17-5-7-18(27-4)8-6-17/h5-8,11-12H,9-10,13H2,1-4H3,(H,23,25)(H,24,26). The summed E-state index contributed by atoms with van der Waals surface area (Å²) in [5.41, 5.74) is 3.99. The van der Waals surface area contributed by atoms with Crippen LogP contribution in [-0.2, 0) is 16.1 Å². The maximum Gasteiger partial charge on any atom is 0.240 e. The molecule has 1 aliphatic carbocycles. The number of ether oxygens (including phenoxy) is 1. The minimum atomic E-state index is -0.948. The zero-order valence-electron chi connectivity index (χ0n) is 16.3. The van der Waals surface area contributed by atoms with Gasteiger partial charge in [-0.1, -0.05) is 29.8 Å². The summed E-state index contributed by atoms with van der Waals surface area (Å²) in [6.45, 7) is 6.36. The number of aryl methyl sites for hydroxylation is 3. The fraction of sp³-hybridized carbons (Fsp3) is 0.364. The van der Waals surface area contributed by atoms with Crippen molar-refractivity contribution in [2.75, 3.05) is 12.4 Å². The Morgan fingerprint density at radius 1 is 1.00 bits per heavy atom. The molecule has 2 N–H and O–H groups in total. The van der Waals surface area contributed by atoms with Crippen LogP contribution < -0.4 is 15.4 Å². The van der Waals surface area contributed by atoms with E-state index in [1.807, 2.05) is 57.2 Å². The highest BCUT2D eigenvalue weighted by atomic mass is 16.5. The summed E-state index contributed by atoms with van der Waals surface area (Å²) in [7, 11) is 1.61. The second-order valence-electron chi connectivity index (χ2n) is 7.34. The molecule has 0 unspecified atom stereocenters. The van der Waals surface area contributed by atoms with Crippen LogP contribution in [0.15, 0.2) is 36.4 Å². The molecule has 5 nitrogen and oxygen atoms in total. The summed E-state index contributed by atoms with van der Waals surface area (Å²) in [6, 6.07) is 11.6. The van der Waals surface area contributed by atoms with Crippen molar-refractivity contribution in [3.63, 3.8) is 0 Å². The van der Waals surface area contributed by atoms with Crippen molar-refractivity contribution in [3.05, 3.63) is 58.7 Å². The molecule has 27 heavy (non-hydrogen) atoms. The molecule has 2 aromatic rings. The van der Waals surface area contributed by atoms with Crippen molar-refractivity contribution >= 4 is 17.5 Å². The van der Waals surface area contributed by atoms with E-state index in [2.05, 4.69) is 10.6 Å². The van der Waals surface area contributed by atoms with E-state index in [4.69, 9.17) is 4.74 Å². The Kier molecular flexibility index (Phi) is 5.22. The number of rotatable bonds is 6. The van der Waals surface area contributed by atoms with E-state index < -0.39 is 5.41 Å². The lowest BCUT2D eigenvalue weighted by Crippen LogP contribution is -2.39. The van der Waals surface area contributed by atoms with Gasteiger partial charge < -0.3 is 15.4 Å². The second-order valence-corrected chi connectivity index (χ2v) is 7.34. The minimum absolute atomic E-state index is 0.210. The smallest absolute Gasteiger partial charge is 0.240 e. The van der Waals surface area contributed by atoms with Crippen molar-refractivity contribution in [1.82, 2.24) is 5.32 Å². The summed E-state index contributed by atoms with van der Waals surface area (Å²) in [4.78, 5) is 25.5. The summed E-state index contributed by atoms with van der Waals surface area (Å²) < 4.78 is 5.13. The molecule has 0 atom stereocenters. The lowest BCUT2D eigenvalue weighted by molar-refractivity contribution is -0.134. The van der Waals surface area contributed by atoms with Gasteiger partial charge in [0, 0.05) is 12.2 Å². The van der Waals surface area contributed by atoms with Crippen LogP contribution in [-0.4, -0.2) is 18.9 Å². The molecule has 0 spiro atoms. The third kappa shape index (κ3) is 3.97. The van der Waals surface area contributed by atoms with Gasteiger partial charge in [0.2, 0.25) is 11.8 Å². The highest BCUT2D eigenvalue weighted by Gasteiger charge is 2.56. The maximum atomic E-state index is 12.8. The number of hydrogen-bond donors (Lipinski definition) is 2. The van der Waals surface area contributed by atoms with Crippen molar-refractivity contribution in [1.29, 1.82) is 0 Å². The van der Waals surface area contributed by atoms with E-state index in [1.54, 1.807) is 7.11 Å². The monoisotopic (exact) mass is 366 g/mol. The molecule has 142 valence electrons. The molecule has 1 saturated carbocycles. The maximum absolute atomic E-state index is 12.8. The first-order valence-electron chi connectivity index (χ1n) is 9.16. The van der Waals surface area contributed by atoms with Crippen molar-refractivity contribution in [2.24, 2.45) is 5.41 Å². The van der Waals surface area contributed by atoms with Crippen LogP contribution in [0.25, 0.3) is 0 Å². The van der Waals surface area contributed by atoms with E-state index in [0.29, 0.717) is 19.4 Å². The van der Waals surface area contributed by atoms with Crippen LogP contribution in [0.5, 0.6) is 5.75 Å². The van der Waals surface area contributed by atoms with Gasteiger partial charge in [0.25, 0.3) is 0 Å². The lowest BCUT2D eigenvalue weighted by Gasteiger charge is -2.18. The van der Waals surface area contributed by atoms with Gasteiger partial charge >= 0.3 is 0 Å². The zero-order chi connectivity index (χ0) is 19.6. The number of hydrogen-bond acceptors (Lipinski definition) is 3. The van der Waals surface area contributed by atoms with E-state index in [1.165, 1.54) is 0 Å². The first kappa shape index (κ1) is 19.0. The topological polar surface area (TPSA) is 67.4 Å². The molecule has 0 radical (unpaired) electrons. The Labute approximate surface area is 160 Å². The number of nitrogens with one attached hydrogen (secondary N) is 2. The number of amides is 2. The molecule has 1 fully saturated rings. The molecule has 0 aromatic heterocycles. The summed E-state index contributed by atoms with van der Waals surface area (Å²) in [5, 5.41) is 5.89. The van der Waals surface area contributed by atoms with E-state index >= 15 is 0 Å². The van der Waals surface area contributed by atoms with Crippen molar-refractivity contribution in [2.45, 2.75) is 40.2 Å². The first-order valence-corrected chi connectivity index (χ1v) is 9.16. The van der Waals surface area contributed by atoms with E-state index in [9.17, 15) is 9.59 Å². The number of carbonyl (C=O) groups excluding carboxylic acids is 2. The average Bonchev–Trinajstić information content (AvgIpc) is 3.45. The lowest BCUT2D eigenvalue weighted by atomic mass is 10.0. The Bertz CT molecular complexity index is 845. The van der Waals surface area contributed by atoms with Crippen molar-refractivity contribution in [3.8, 4) is 5.75 Å². The fourth-order valence-corrected chi connectivity index (χ4v) is 3.39. The fourth-order valence-electron chi connectivity index (χ4n) is 3.39. The molecule has 0 saturated heterocycles. The van der Waals surface area contributed by atoms with Gasteiger partial charge in [-0.3, -0.25) is 9.59 Å². The van der Waals surface area contributed by atoms with Crippen LogP contribution in [0, 0.1) is 26.2 Å². The number of carbonyl (C=O) groups is 2. The summed E-state index contributed by atoms with van der Waals surface area (Å²) in [6.07, 6.45) is 1.16. The highest BCUT2D eigenvalue weighted by Crippen LogP contribution is 2.47. The molecule has 3 rings (SSSR count). The molecule has 0 bridgehead atoms. The van der Waals surface area contributed by atoms with Gasteiger partial charge in [-0.15, -0.1) is 0 Å². The minimum Gasteiger partial charge on any atom is -0.497 e. The third-order valence-electron chi connectivity index (χ3n) is 5.15. The summed E-state index contributed by atoms with van der Waals surface area (Å²) >= 11 is 0. The molecule has 2 aromatic carbocycles. The SMILES string of the molecule is COc1ccc(CNC(=O)C2(C(=O)Nc3c(C)cc(C)cc3C)CC2)cc1. The summed E-state index contributed by atoms with van der Waals surface area (Å²) in [5.74, 6) is 0.343. The van der Waals surface area contributed by atoms with Crippen molar-refractivity contribution < 1.29 is 14.3 Å². The second kappa shape index (κ2) is 7.43. The number of benzene rings is 2. The number of anilines is 1. The molecule has 5 heteroatoms. The normalized spacial score (nSPS) is 14.4. The largest absolute Gasteiger partial charge is 0.497 e. The predicted molar refractivity (Wildman–Crippen MR) is 106 cm³/mol. The van der Waals surface area contributed by atoms with Gasteiger partial charge in [0.05, 0.1) is 7.11 Å². The highest BCUT2D eigenvalue weighted by molar-refractivity contribution is 6.13. The molecule has 0 aliphatic heterocycles. The van der Waals surface area contributed by atoms with Crippen LogP contribution in [0.3, 0.4) is 0 Å². The quantitative estimate of drug-likeness (QED) is 0.767. The van der Waals surface area contributed by atoms with Gasteiger partial charge in [-0.05, 0) is 62.4 Å². The third-order valence-corrected chi connectivity index (χ3v) is 5.15. The van der Waals surface area contributed by atoms with Gasteiger partial charge in [-0.2, -0.15) is 0 Å². The average molecular weight is 366 g/mol. The predicted octanol–water partition coefficient (Wildman–Crippen LogP) is 3.66. The number of methoxy groups -OCH3 is 1. The van der Waals surface area contributed by atoms with E-state index in [-0.39, 0.29) is 11.8 Å². The Morgan fingerprint density at radius 3 is 2.11 bits per heavy atom. The molecular formula is C22H26N2O3.